The van der Waals surface area contributed by atoms with Gasteiger partial charge in [0.25, 0.3) is 0 Å². The fraction of sp³-hybridized carbons (Fsp3) is 0.692. The summed E-state index contributed by atoms with van der Waals surface area (Å²) in [5.74, 6) is 0.884. The maximum atomic E-state index is 12.6. The van der Waals surface area contributed by atoms with Gasteiger partial charge in [0.05, 0.1) is 6.54 Å². The zero-order valence-electron chi connectivity index (χ0n) is 12.4. The zero-order chi connectivity index (χ0) is 15.3. The van der Waals surface area contributed by atoms with Gasteiger partial charge in [-0.25, -0.2) is 8.42 Å². The molecule has 0 saturated heterocycles. The third-order valence-corrected chi connectivity index (χ3v) is 5.59. The predicted molar refractivity (Wildman–Crippen MR) is 83.1 cm³/mol. The highest BCUT2D eigenvalue weighted by atomic mass is 79.9. The van der Waals surface area contributed by atoms with Crippen LogP contribution in [0.3, 0.4) is 0 Å². The summed E-state index contributed by atoms with van der Waals surface area (Å²) in [6.07, 6.45) is 0. The van der Waals surface area contributed by atoms with E-state index in [4.69, 9.17) is 4.42 Å². The number of hydrogen-bond acceptors (Lipinski definition) is 4. The van der Waals surface area contributed by atoms with Crippen molar-refractivity contribution < 1.29 is 12.8 Å². The molecule has 0 saturated carbocycles. The van der Waals surface area contributed by atoms with E-state index in [1.54, 1.807) is 6.07 Å². The minimum Gasteiger partial charge on any atom is -0.452 e. The molecule has 20 heavy (non-hydrogen) atoms. The van der Waals surface area contributed by atoms with Crippen molar-refractivity contribution in [3.05, 3.63) is 16.5 Å². The zero-order valence-corrected chi connectivity index (χ0v) is 14.8. The van der Waals surface area contributed by atoms with E-state index < -0.39 is 10.0 Å². The van der Waals surface area contributed by atoms with E-state index in [2.05, 4.69) is 21.2 Å². The SMILES string of the molecule is CCNCc1cc(S(=O)(=O)N(CC)CC(C)C)c(Br)o1. The first-order chi connectivity index (χ1) is 9.32. The highest BCUT2D eigenvalue weighted by molar-refractivity contribution is 9.10. The van der Waals surface area contributed by atoms with E-state index in [0.29, 0.717) is 25.4 Å². The Kier molecular flexibility index (Phi) is 6.71. The van der Waals surface area contributed by atoms with Crippen molar-refractivity contribution in [1.82, 2.24) is 9.62 Å². The van der Waals surface area contributed by atoms with Gasteiger partial charge < -0.3 is 9.73 Å². The summed E-state index contributed by atoms with van der Waals surface area (Å²) in [5.41, 5.74) is 0. The van der Waals surface area contributed by atoms with Gasteiger partial charge in [-0.1, -0.05) is 27.7 Å². The summed E-state index contributed by atoms with van der Waals surface area (Å²) in [5, 5.41) is 3.11. The van der Waals surface area contributed by atoms with Gasteiger partial charge >= 0.3 is 0 Å². The molecule has 1 aromatic rings. The monoisotopic (exact) mass is 366 g/mol. The van der Waals surface area contributed by atoms with E-state index in [-0.39, 0.29) is 15.5 Å². The van der Waals surface area contributed by atoms with Crippen LogP contribution >= 0.6 is 15.9 Å². The molecule has 0 aromatic carbocycles. The molecule has 0 amide bonds. The molecular formula is C13H23BrN2O3S. The number of furan rings is 1. The lowest BCUT2D eigenvalue weighted by Crippen LogP contribution is -2.34. The van der Waals surface area contributed by atoms with Gasteiger partial charge in [0.15, 0.2) is 4.67 Å². The second-order valence-corrected chi connectivity index (χ2v) is 7.61. The number of halogens is 1. The second-order valence-electron chi connectivity index (χ2n) is 4.98. The van der Waals surface area contributed by atoms with Crippen molar-refractivity contribution in [2.24, 2.45) is 5.92 Å². The minimum absolute atomic E-state index is 0.202. The van der Waals surface area contributed by atoms with Gasteiger partial charge in [-0.05, 0) is 28.4 Å². The normalized spacial score (nSPS) is 12.6. The predicted octanol–water partition coefficient (Wildman–Crippen LogP) is 2.82. The van der Waals surface area contributed by atoms with Crippen molar-refractivity contribution in [3.8, 4) is 0 Å². The fourth-order valence-corrected chi connectivity index (χ4v) is 4.43. The third kappa shape index (κ3) is 4.31. The molecule has 5 nitrogen and oxygen atoms in total. The first kappa shape index (κ1) is 17.7. The number of sulfonamides is 1. The Morgan fingerprint density at radius 2 is 2.05 bits per heavy atom. The number of nitrogens with one attached hydrogen (secondary N) is 1. The van der Waals surface area contributed by atoms with Crippen LogP contribution in [0.25, 0.3) is 0 Å². The van der Waals surface area contributed by atoms with Crippen LogP contribution in [0, 0.1) is 5.92 Å². The van der Waals surface area contributed by atoms with Crippen molar-refractivity contribution in [2.75, 3.05) is 19.6 Å². The molecule has 1 N–H and O–H groups in total. The maximum absolute atomic E-state index is 12.6. The number of nitrogens with zero attached hydrogens (tertiary/aromatic N) is 1. The molecule has 0 radical (unpaired) electrons. The summed E-state index contributed by atoms with van der Waals surface area (Å²) in [4.78, 5) is 0.202. The Hall–Kier alpha value is -0.370. The van der Waals surface area contributed by atoms with Gasteiger partial charge in [-0.2, -0.15) is 4.31 Å². The molecular weight excluding hydrogens is 344 g/mol. The Morgan fingerprint density at radius 3 is 2.55 bits per heavy atom. The largest absolute Gasteiger partial charge is 0.452 e. The molecule has 0 spiro atoms. The Balaban J connectivity index is 3.04. The van der Waals surface area contributed by atoms with Gasteiger partial charge in [-0.3, -0.25) is 0 Å². The minimum atomic E-state index is -3.52. The molecule has 0 fully saturated rings. The van der Waals surface area contributed by atoms with Crippen LogP contribution in [0.1, 0.15) is 33.5 Å². The van der Waals surface area contributed by atoms with E-state index >= 15 is 0 Å². The quantitative estimate of drug-likeness (QED) is 0.768. The summed E-state index contributed by atoms with van der Waals surface area (Å²) < 4.78 is 32.4. The molecule has 1 heterocycles. The van der Waals surface area contributed by atoms with E-state index in [9.17, 15) is 8.42 Å². The van der Waals surface area contributed by atoms with Crippen LogP contribution in [0.4, 0.5) is 0 Å². The van der Waals surface area contributed by atoms with Crippen LogP contribution in [0.15, 0.2) is 20.0 Å². The van der Waals surface area contributed by atoms with Crippen LogP contribution in [-0.4, -0.2) is 32.4 Å². The first-order valence-corrected chi connectivity index (χ1v) is 9.05. The highest BCUT2D eigenvalue weighted by Crippen LogP contribution is 2.29. The van der Waals surface area contributed by atoms with Crippen molar-refractivity contribution in [1.29, 1.82) is 0 Å². The van der Waals surface area contributed by atoms with Gasteiger partial charge in [-0.15, -0.1) is 0 Å². The fourth-order valence-electron chi connectivity index (χ4n) is 1.85. The standard InChI is InChI=1S/C13H23BrN2O3S/c1-5-15-8-11-7-12(13(14)19-11)20(17,18)16(6-2)9-10(3)4/h7,10,15H,5-6,8-9H2,1-4H3. The van der Waals surface area contributed by atoms with E-state index in [1.807, 2.05) is 27.7 Å². The Bertz CT molecular complexity index is 526. The molecule has 7 heteroatoms. The van der Waals surface area contributed by atoms with E-state index in [0.717, 1.165) is 6.54 Å². The summed E-state index contributed by atoms with van der Waals surface area (Å²) in [6, 6.07) is 1.59. The van der Waals surface area contributed by atoms with Crippen molar-refractivity contribution in [3.63, 3.8) is 0 Å². The molecule has 0 aliphatic rings. The van der Waals surface area contributed by atoms with Crippen molar-refractivity contribution in [2.45, 2.75) is 39.1 Å². The Morgan fingerprint density at radius 1 is 1.40 bits per heavy atom. The van der Waals surface area contributed by atoms with Crippen LogP contribution in [0.2, 0.25) is 0 Å². The van der Waals surface area contributed by atoms with Gasteiger partial charge in [0, 0.05) is 19.2 Å². The van der Waals surface area contributed by atoms with Gasteiger partial charge in [0.1, 0.15) is 10.7 Å². The van der Waals surface area contributed by atoms with Crippen LogP contribution in [0.5, 0.6) is 0 Å². The summed E-state index contributed by atoms with van der Waals surface area (Å²) >= 11 is 3.21. The molecule has 1 rings (SSSR count). The Labute approximate surface area is 129 Å². The lowest BCUT2D eigenvalue weighted by molar-refractivity contribution is 0.379. The average molecular weight is 367 g/mol. The molecule has 116 valence electrons. The molecule has 0 bridgehead atoms. The smallest absolute Gasteiger partial charge is 0.247 e. The third-order valence-electron chi connectivity index (χ3n) is 2.80. The lowest BCUT2D eigenvalue weighted by Gasteiger charge is -2.21. The van der Waals surface area contributed by atoms with Crippen LogP contribution < -0.4 is 5.32 Å². The van der Waals surface area contributed by atoms with Gasteiger partial charge in [0.2, 0.25) is 10.0 Å². The average Bonchev–Trinajstić information content (AvgIpc) is 2.75. The summed E-state index contributed by atoms with van der Waals surface area (Å²) in [7, 11) is -3.52. The second kappa shape index (κ2) is 7.59. The van der Waals surface area contributed by atoms with E-state index in [1.165, 1.54) is 4.31 Å². The lowest BCUT2D eigenvalue weighted by atomic mass is 10.2. The number of hydrogen-bond donors (Lipinski definition) is 1. The summed E-state index contributed by atoms with van der Waals surface area (Å²) in [6.45, 7) is 10.1. The molecule has 0 aliphatic heterocycles. The molecule has 0 unspecified atom stereocenters. The first-order valence-electron chi connectivity index (χ1n) is 6.81. The van der Waals surface area contributed by atoms with Crippen LogP contribution in [-0.2, 0) is 16.6 Å². The maximum Gasteiger partial charge on any atom is 0.247 e. The molecule has 0 atom stereocenters. The molecule has 1 aromatic heterocycles. The highest BCUT2D eigenvalue weighted by Gasteiger charge is 2.28. The molecule has 0 aliphatic carbocycles. The topological polar surface area (TPSA) is 62.6 Å². The van der Waals surface area contributed by atoms with Crippen molar-refractivity contribution >= 4 is 26.0 Å². The number of rotatable bonds is 8.